The monoisotopic (exact) mass is 377 g/mol. The van der Waals surface area contributed by atoms with E-state index in [0.29, 0.717) is 13.0 Å². The van der Waals surface area contributed by atoms with E-state index in [2.05, 4.69) is 21.7 Å². The second-order valence-electron chi connectivity index (χ2n) is 7.76. The lowest BCUT2D eigenvalue weighted by molar-refractivity contribution is -0.138. The normalized spacial score (nSPS) is 11.4. The Balaban J connectivity index is 1.59. The maximum absolute atomic E-state index is 12.7. The number of aromatic amines is 1. The molecule has 28 heavy (non-hydrogen) atoms. The minimum absolute atomic E-state index is 0.283. The number of hydrogen-bond acceptors (Lipinski definition) is 2. The third kappa shape index (κ3) is 4.09. The second-order valence-corrected chi connectivity index (χ2v) is 7.76. The molecule has 146 valence electrons. The van der Waals surface area contributed by atoms with Crippen LogP contribution in [0.4, 0.5) is 5.69 Å². The molecule has 5 nitrogen and oxygen atoms in total. The number of aryl methyl sites for hydroxylation is 2. The van der Waals surface area contributed by atoms with Crippen LogP contribution in [-0.2, 0) is 16.0 Å². The Hall–Kier alpha value is -3.08. The third-order valence-electron chi connectivity index (χ3n) is 5.12. The molecule has 1 heterocycles. The SMILES string of the molecule is Cc1ccc(NC(=O)C(C)(C)C(=O)NCCc2c[nH]c3ccccc23)c(C)c1. The van der Waals surface area contributed by atoms with E-state index in [1.807, 2.05) is 56.4 Å². The first-order chi connectivity index (χ1) is 13.3. The van der Waals surface area contributed by atoms with Gasteiger partial charge in [-0.3, -0.25) is 9.59 Å². The van der Waals surface area contributed by atoms with Crippen LogP contribution in [0, 0.1) is 19.3 Å². The summed E-state index contributed by atoms with van der Waals surface area (Å²) in [6, 6.07) is 13.9. The summed E-state index contributed by atoms with van der Waals surface area (Å²) >= 11 is 0. The minimum atomic E-state index is -1.17. The highest BCUT2D eigenvalue weighted by molar-refractivity contribution is 6.10. The van der Waals surface area contributed by atoms with Crippen molar-refractivity contribution in [1.82, 2.24) is 10.3 Å². The van der Waals surface area contributed by atoms with E-state index >= 15 is 0 Å². The van der Waals surface area contributed by atoms with Crippen molar-refractivity contribution in [1.29, 1.82) is 0 Å². The zero-order valence-electron chi connectivity index (χ0n) is 16.8. The van der Waals surface area contributed by atoms with Crippen LogP contribution in [0.5, 0.6) is 0 Å². The summed E-state index contributed by atoms with van der Waals surface area (Å²) in [6.45, 7) is 7.71. The molecule has 3 rings (SSSR count). The number of carbonyl (C=O) groups is 2. The predicted octanol–water partition coefficient (Wildman–Crippen LogP) is 4.11. The van der Waals surface area contributed by atoms with Gasteiger partial charge in [-0.15, -0.1) is 0 Å². The molecule has 0 aliphatic heterocycles. The number of anilines is 1. The smallest absolute Gasteiger partial charge is 0.239 e. The molecular weight excluding hydrogens is 350 g/mol. The molecule has 1 aromatic heterocycles. The summed E-state index contributed by atoms with van der Waals surface area (Å²) in [5, 5.41) is 6.94. The van der Waals surface area contributed by atoms with Gasteiger partial charge >= 0.3 is 0 Å². The Morgan fingerprint density at radius 3 is 2.54 bits per heavy atom. The Bertz CT molecular complexity index is 1020. The van der Waals surface area contributed by atoms with Gasteiger partial charge in [0.25, 0.3) is 0 Å². The van der Waals surface area contributed by atoms with Gasteiger partial charge in [-0.1, -0.05) is 35.9 Å². The zero-order chi connectivity index (χ0) is 20.3. The molecule has 3 N–H and O–H groups in total. The lowest BCUT2D eigenvalue weighted by atomic mass is 9.90. The number of aromatic nitrogens is 1. The fourth-order valence-electron chi connectivity index (χ4n) is 3.21. The third-order valence-corrected chi connectivity index (χ3v) is 5.12. The summed E-state index contributed by atoms with van der Waals surface area (Å²) in [4.78, 5) is 28.6. The number of amides is 2. The van der Waals surface area contributed by atoms with Gasteiger partial charge in [0.15, 0.2) is 0 Å². The first kappa shape index (κ1) is 19.7. The minimum Gasteiger partial charge on any atom is -0.361 e. The number of fused-ring (bicyclic) bond motifs is 1. The summed E-state index contributed by atoms with van der Waals surface area (Å²) < 4.78 is 0. The van der Waals surface area contributed by atoms with E-state index in [1.165, 1.54) is 0 Å². The number of nitrogens with one attached hydrogen (secondary N) is 3. The molecule has 0 aliphatic carbocycles. The van der Waals surface area contributed by atoms with Gasteiger partial charge in [-0.05, 0) is 57.4 Å². The molecule has 0 unspecified atom stereocenters. The van der Waals surface area contributed by atoms with Crippen LogP contribution >= 0.6 is 0 Å². The van der Waals surface area contributed by atoms with Crippen LogP contribution in [-0.4, -0.2) is 23.3 Å². The quantitative estimate of drug-likeness (QED) is 0.566. The molecule has 5 heteroatoms. The van der Waals surface area contributed by atoms with Crippen molar-refractivity contribution in [2.75, 3.05) is 11.9 Å². The Kier molecular flexibility index (Phi) is 5.54. The van der Waals surface area contributed by atoms with E-state index in [-0.39, 0.29) is 11.8 Å². The van der Waals surface area contributed by atoms with Crippen molar-refractivity contribution >= 4 is 28.4 Å². The molecule has 0 saturated heterocycles. The van der Waals surface area contributed by atoms with Crippen molar-refractivity contribution in [2.24, 2.45) is 5.41 Å². The van der Waals surface area contributed by atoms with Crippen molar-refractivity contribution in [2.45, 2.75) is 34.1 Å². The lowest BCUT2D eigenvalue weighted by Crippen LogP contribution is -2.45. The second kappa shape index (κ2) is 7.89. The van der Waals surface area contributed by atoms with Crippen LogP contribution in [0.15, 0.2) is 48.7 Å². The van der Waals surface area contributed by atoms with E-state index in [0.717, 1.165) is 33.3 Å². The van der Waals surface area contributed by atoms with Crippen LogP contribution in [0.1, 0.15) is 30.5 Å². The van der Waals surface area contributed by atoms with Gasteiger partial charge in [-0.2, -0.15) is 0 Å². The molecule has 0 radical (unpaired) electrons. The molecule has 0 spiro atoms. The summed E-state index contributed by atoms with van der Waals surface area (Å²) in [7, 11) is 0. The Morgan fingerprint density at radius 1 is 1.04 bits per heavy atom. The first-order valence-electron chi connectivity index (χ1n) is 9.51. The molecular formula is C23H27N3O2. The maximum Gasteiger partial charge on any atom is 0.239 e. The number of para-hydroxylation sites is 1. The maximum atomic E-state index is 12.7. The Morgan fingerprint density at radius 2 is 1.79 bits per heavy atom. The van der Waals surface area contributed by atoms with Gasteiger partial charge in [-0.25, -0.2) is 0 Å². The molecule has 0 atom stereocenters. The zero-order valence-corrected chi connectivity index (χ0v) is 16.8. The fourth-order valence-corrected chi connectivity index (χ4v) is 3.21. The lowest BCUT2D eigenvalue weighted by Gasteiger charge is -2.23. The number of carbonyl (C=O) groups excluding carboxylic acids is 2. The number of hydrogen-bond donors (Lipinski definition) is 3. The van der Waals surface area contributed by atoms with Gasteiger partial charge in [0, 0.05) is 29.3 Å². The predicted molar refractivity (Wildman–Crippen MR) is 113 cm³/mol. The molecule has 2 aromatic carbocycles. The van der Waals surface area contributed by atoms with E-state index < -0.39 is 5.41 Å². The molecule has 0 bridgehead atoms. The highest BCUT2D eigenvalue weighted by atomic mass is 16.2. The Labute approximate surface area is 165 Å². The average Bonchev–Trinajstić information content (AvgIpc) is 3.07. The van der Waals surface area contributed by atoms with Crippen molar-refractivity contribution in [3.63, 3.8) is 0 Å². The van der Waals surface area contributed by atoms with Gasteiger partial charge < -0.3 is 15.6 Å². The average molecular weight is 377 g/mol. The van der Waals surface area contributed by atoms with E-state index in [9.17, 15) is 9.59 Å². The van der Waals surface area contributed by atoms with E-state index in [4.69, 9.17) is 0 Å². The largest absolute Gasteiger partial charge is 0.361 e. The van der Waals surface area contributed by atoms with Crippen molar-refractivity contribution in [3.05, 3.63) is 65.4 Å². The summed E-state index contributed by atoms with van der Waals surface area (Å²) in [5.41, 5.74) is 3.90. The highest BCUT2D eigenvalue weighted by Crippen LogP contribution is 2.22. The number of rotatable bonds is 6. The summed E-state index contributed by atoms with van der Waals surface area (Å²) in [5.74, 6) is -0.598. The van der Waals surface area contributed by atoms with E-state index in [1.54, 1.807) is 13.8 Å². The summed E-state index contributed by atoms with van der Waals surface area (Å²) in [6.07, 6.45) is 2.67. The molecule has 3 aromatic rings. The van der Waals surface area contributed by atoms with Crippen LogP contribution < -0.4 is 10.6 Å². The molecule has 0 aliphatic rings. The standard InChI is InChI=1S/C23H27N3O2/c1-15-9-10-19(16(2)13-15)26-22(28)23(3,4)21(27)24-12-11-17-14-25-20-8-6-5-7-18(17)20/h5-10,13-14,25H,11-12H2,1-4H3,(H,24,27)(H,26,28). The van der Waals surface area contributed by atoms with Crippen LogP contribution in [0.3, 0.4) is 0 Å². The van der Waals surface area contributed by atoms with Gasteiger partial charge in [0.05, 0.1) is 0 Å². The van der Waals surface area contributed by atoms with Gasteiger partial charge in [0.2, 0.25) is 11.8 Å². The van der Waals surface area contributed by atoms with Crippen LogP contribution in [0.2, 0.25) is 0 Å². The first-order valence-corrected chi connectivity index (χ1v) is 9.51. The fraction of sp³-hybridized carbons (Fsp3) is 0.304. The number of benzene rings is 2. The topological polar surface area (TPSA) is 74.0 Å². The molecule has 0 fully saturated rings. The van der Waals surface area contributed by atoms with Gasteiger partial charge in [0.1, 0.15) is 5.41 Å². The molecule has 0 saturated carbocycles. The highest BCUT2D eigenvalue weighted by Gasteiger charge is 2.36. The molecule has 2 amide bonds. The van der Waals surface area contributed by atoms with Crippen LogP contribution in [0.25, 0.3) is 10.9 Å². The van der Waals surface area contributed by atoms with Crippen molar-refractivity contribution in [3.8, 4) is 0 Å². The van der Waals surface area contributed by atoms with Crippen molar-refractivity contribution < 1.29 is 9.59 Å². The number of H-pyrrole nitrogens is 1.